The van der Waals surface area contributed by atoms with Crippen LogP contribution < -0.4 is 169 Å². The van der Waals surface area contributed by atoms with Gasteiger partial charge in [-0.1, -0.05) is 38.5 Å². The standard InChI is InChI=1S/C37H46N2O10S2.3K/c1-36(2)28-24-26(50(44,45)46)18-20-30(28)38(22-12-6-10-16-34(40)41)32(36)14-8-5-9-15-33-37(3,4)29-25-27(51(47,48)49)19-21-31(29)39(33)23-13-7-11-17-35(42)43;;;/h5,8-9,14-15,18-21,24-25H,6-7,10-13,16-17,22-23H2,1-4H3,(H3-,40,41,42,43,44,45,46,47,48,49);;;/q;3*+1/p-3. The molecular formula is C37H43K3N2O10S2. The second-order valence-corrected chi connectivity index (χ2v) is 16.6. The van der Waals surface area contributed by atoms with Gasteiger partial charge in [0.25, 0.3) is 0 Å². The van der Waals surface area contributed by atoms with Gasteiger partial charge in [-0.3, -0.25) is 0 Å². The minimum Gasteiger partial charge on any atom is -0.744 e. The summed E-state index contributed by atoms with van der Waals surface area (Å²) in [5.41, 5.74) is 3.25. The van der Waals surface area contributed by atoms with Crippen molar-refractivity contribution in [3.05, 3.63) is 83.6 Å². The minimum absolute atomic E-state index is 0. The van der Waals surface area contributed by atoms with Gasteiger partial charge < -0.3 is 33.8 Å². The Bertz CT molecular complexity index is 2040. The molecule has 17 heteroatoms. The number of carbonyl (C=O) groups excluding carboxylic acids is 2. The van der Waals surface area contributed by atoms with Gasteiger partial charge in [0.15, 0.2) is 5.71 Å². The molecule has 0 radical (unpaired) electrons. The zero-order valence-corrected chi connectivity index (χ0v) is 43.2. The van der Waals surface area contributed by atoms with E-state index in [1.807, 2.05) is 58.1 Å². The van der Waals surface area contributed by atoms with E-state index < -0.39 is 43.0 Å². The van der Waals surface area contributed by atoms with Gasteiger partial charge >= 0.3 is 154 Å². The van der Waals surface area contributed by atoms with Crippen LogP contribution >= 0.6 is 0 Å². The molecule has 54 heavy (non-hydrogen) atoms. The first-order valence-electron chi connectivity index (χ1n) is 16.8. The first-order valence-corrected chi connectivity index (χ1v) is 19.7. The van der Waals surface area contributed by atoms with E-state index in [1.54, 1.807) is 12.1 Å². The van der Waals surface area contributed by atoms with Gasteiger partial charge in [-0.2, -0.15) is 4.58 Å². The Morgan fingerprint density at radius 3 is 1.80 bits per heavy atom. The molecule has 0 fully saturated rings. The minimum atomic E-state index is -4.68. The van der Waals surface area contributed by atoms with E-state index in [1.165, 1.54) is 24.3 Å². The second-order valence-electron chi connectivity index (χ2n) is 13.9. The fourth-order valence-electron chi connectivity index (χ4n) is 6.89. The number of hydrogen-bond acceptors (Lipinski definition) is 11. The van der Waals surface area contributed by atoms with E-state index in [-0.39, 0.29) is 177 Å². The molecule has 0 saturated carbocycles. The number of unbranched alkanes of at least 4 members (excludes halogenated alkanes) is 4. The maximum Gasteiger partial charge on any atom is 1.00 e. The molecule has 0 saturated heterocycles. The van der Waals surface area contributed by atoms with Crippen LogP contribution in [0, 0.1) is 0 Å². The number of anilines is 1. The summed E-state index contributed by atoms with van der Waals surface area (Å²) in [6.45, 7) is 8.82. The van der Waals surface area contributed by atoms with Crippen molar-refractivity contribution < 1.29 is 204 Å². The summed E-state index contributed by atoms with van der Waals surface area (Å²) >= 11 is 0. The Balaban J connectivity index is 0.00000486. The van der Waals surface area contributed by atoms with E-state index in [0.717, 1.165) is 22.8 Å². The van der Waals surface area contributed by atoms with Crippen LogP contribution in [-0.4, -0.2) is 61.3 Å². The summed E-state index contributed by atoms with van der Waals surface area (Å²) in [4.78, 5) is 23.1. The van der Waals surface area contributed by atoms with Gasteiger partial charge in [-0.25, -0.2) is 16.8 Å². The summed E-state index contributed by atoms with van der Waals surface area (Å²) in [6, 6.07) is 8.67. The number of nitrogens with zero attached hydrogens (tertiary/aromatic N) is 2. The third-order valence-corrected chi connectivity index (χ3v) is 11.2. The number of carbonyl (C=O) groups is 2. The third kappa shape index (κ3) is 13.4. The van der Waals surface area contributed by atoms with Crippen molar-refractivity contribution in [2.45, 2.75) is 99.7 Å². The Morgan fingerprint density at radius 1 is 0.704 bits per heavy atom. The summed E-state index contributed by atoms with van der Waals surface area (Å²) in [6.07, 6.45) is 12.8. The molecule has 0 aromatic heterocycles. The number of carboxylic acids is 2. The molecule has 2 aromatic carbocycles. The molecule has 2 heterocycles. The van der Waals surface area contributed by atoms with Crippen molar-refractivity contribution in [1.29, 1.82) is 0 Å². The fraction of sp³-hybridized carbons (Fsp3) is 0.432. The topological polar surface area (TPSA) is 201 Å². The summed E-state index contributed by atoms with van der Waals surface area (Å²) in [5.74, 6) is -2.21. The summed E-state index contributed by atoms with van der Waals surface area (Å²) in [7, 11) is -9.36. The van der Waals surface area contributed by atoms with E-state index in [4.69, 9.17) is 0 Å². The maximum atomic E-state index is 11.8. The van der Waals surface area contributed by atoms with Crippen molar-refractivity contribution in [2.24, 2.45) is 0 Å². The van der Waals surface area contributed by atoms with Crippen LogP contribution in [0.1, 0.15) is 90.2 Å². The van der Waals surface area contributed by atoms with Crippen molar-refractivity contribution in [2.75, 3.05) is 18.0 Å². The molecule has 0 bridgehead atoms. The second kappa shape index (κ2) is 22.4. The molecule has 0 atom stereocenters. The number of allylic oxidation sites excluding steroid dienone is 6. The molecule has 0 amide bonds. The van der Waals surface area contributed by atoms with Gasteiger partial charge in [0.05, 0.1) is 15.2 Å². The number of aliphatic carboxylic acids is 2. The summed E-state index contributed by atoms with van der Waals surface area (Å²) in [5, 5.41) is 21.7. The third-order valence-electron chi connectivity index (χ3n) is 9.56. The molecule has 4 rings (SSSR count). The van der Waals surface area contributed by atoms with Crippen LogP contribution in [0.5, 0.6) is 0 Å². The van der Waals surface area contributed by atoms with E-state index in [9.17, 15) is 45.7 Å². The van der Waals surface area contributed by atoms with E-state index in [2.05, 4.69) is 9.48 Å². The zero-order chi connectivity index (χ0) is 37.8. The first-order chi connectivity index (χ1) is 23.8. The number of rotatable bonds is 17. The van der Waals surface area contributed by atoms with Gasteiger partial charge in [0.2, 0.25) is 5.69 Å². The van der Waals surface area contributed by atoms with E-state index in [0.29, 0.717) is 62.7 Å². The number of benzene rings is 2. The van der Waals surface area contributed by atoms with Crippen LogP contribution in [0.2, 0.25) is 0 Å². The molecular weight excluding hydrogens is 814 g/mol. The molecule has 0 unspecified atom stereocenters. The molecule has 2 aromatic rings. The largest absolute Gasteiger partial charge is 1.00 e. The molecule has 0 spiro atoms. The maximum absolute atomic E-state index is 11.8. The number of hydrogen-bond donors (Lipinski definition) is 0. The Hall–Kier alpha value is 0.799. The SMILES string of the molecule is CC1(C)C(/C=C/C=C/C=C2\N(CCCCCC(=O)[O-])c3ccc(S(=O)(=O)[O-])cc3C2(C)C)=[N+](CCCCCC(=O)[O-])c2ccc(S(=O)(=O)[O-])cc21.[K+].[K+].[K+]. The smallest absolute Gasteiger partial charge is 0.744 e. The number of fused-ring (bicyclic) bond motifs is 2. The van der Waals surface area contributed by atoms with Crippen molar-refractivity contribution >= 4 is 49.3 Å². The Labute approximate surface area is 446 Å². The summed E-state index contributed by atoms with van der Waals surface area (Å²) < 4.78 is 73.1. The average molecular weight is 857 g/mol. The fourth-order valence-corrected chi connectivity index (χ4v) is 7.89. The van der Waals surface area contributed by atoms with Gasteiger partial charge in [0.1, 0.15) is 26.8 Å². The molecule has 12 nitrogen and oxygen atoms in total. The Kier molecular flexibility index (Phi) is 21.9. The molecule has 0 aliphatic carbocycles. The van der Waals surface area contributed by atoms with Crippen molar-refractivity contribution in [3.63, 3.8) is 0 Å². The van der Waals surface area contributed by atoms with Gasteiger partial charge in [0, 0.05) is 59.4 Å². The molecule has 2 aliphatic heterocycles. The van der Waals surface area contributed by atoms with Crippen LogP contribution in [0.25, 0.3) is 0 Å². The predicted molar refractivity (Wildman–Crippen MR) is 185 cm³/mol. The van der Waals surface area contributed by atoms with Crippen LogP contribution in [0.15, 0.2) is 82.3 Å². The van der Waals surface area contributed by atoms with Gasteiger partial charge in [-0.05, 0) is 94.3 Å². The van der Waals surface area contributed by atoms with Crippen LogP contribution in [0.4, 0.5) is 11.4 Å². The van der Waals surface area contributed by atoms with Crippen molar-refractivity contribution in [3.8, 4) is 0 Å². The van der Waals surface area contributed by atoms with Crippen LogP contribution in [0.3, 0.4) is 0 Å². The predicted octanol–water partition coefficient (Wildman–Crippen LogP) is -5.70. The molecule has 0 N–H and O–H groups in total. The normalized spacial score (nSPS) is 16.6. The average Bonchev–Trinajstić information content (AvgIpc) is 3.37. The van der Waals surface area contributed by atoms with Crippen LogP contribution in [-0.2, 0) is 40.7 Å². The quantitative estimate of drug-likeness (QED) is 0.0483. The molecule has 2 aliphatic rings. The molecule has 276 valence electrons. The zero-order valence-electron chi connectivity index (χ0n) is 32.2. The first kappa shape index (κ1) is 52.8. The Morgan fingerprint density at radius 2 is 1.24 bits per heavy atom. The van der Waals surface area contributed by atoms with E-state index >= 15 is 0 Å². The van der Waals surface area contributed by atoms with Gasteiger partial charge in [-0.15, -0.1) is 0 Å². The van der Waals surface area contributed by atoms with Crippen molar-refractivity contribution in [1.82, 2.24) is 0 Å². The monoisotopic (exact) mass is 856 g/mol. The number of carboxylic acid groups (broad SMARTS) is 2.